The van der Waals surface area contributed by atoms with Gasteiger partial charge in [0.05, 0.1) is 5.02 Å². The van der Waals surface area contributed by atoms with Crippen molar-refractivity contribution in [3.05, 3.63) is 63.6 Å². The molecule has 0 aliphatic carbocycles. The van der Waals surface area contributed by atoms with E-state index < -0.39 is 0 Å². The first kappa shape index (κ1) is 17.1. The van der Waals surface area contributed by atoms with Gasteiger partial charge in [0.15, 0.2) is 0 Å². The van der Waals surface area contributed by atoms with E-state index in [4.69, 9.17) is 27.9 Å². The quantitative estimate of drug-likeness (QED) is 0.728. The van der Waals surface area contributed by atoms with Gasteiger partial charge in [-0.05, 0) is 31.8 Å². The molecule has 2 rings (SSSR count). The lowest BCUT2D eigenvalue weighted by molar-refractivity contribution is 0.259. The second-order valence-electron chi connectivity index (χ2n) is 5.59. The summed E-state index contributed by atoms with van der Waals surface area (Å²) in [4.78, 5) is 2.07. The third-order valence-electron chi connectivity index (χ3n) is 3.59. The number of halogens is 2. The number of likely N-dealkylation sites (N-methyl/N-ethyl adjacent to an activating group) is 1. The molecule has 0 aromatic heterocycles. The first-order chi connectivity index (χ1) is 10.5. The van der Waals surface area contributed by atoms with E-state index in [0.29, 0.717) is 16.7 Å². The van der Waals surface area contributed by atoms with Gasteiger partial charge in [-0.25, -0.2) is 0 Å². The Balaban J connectivity index is 2.32. The van der Waals surface area contributed by atoms with Gasteiger partial charge in [0.2, 0.25) is 0 Å². The Morgan fingerprint density at radius 2 is 1.77 bits per heavy atom. The highest BCUT2D eigenvalue weighted by Crippen LogP contribution is 2.39. The molecule has 1 atom stereocenters. The molecule has 22 heavy (non-hydrogen) atoms. The maximum Gasteiger partial charge on any atom is 0.141 e. The molecule has 0 spiro atoms. The lowest BCUT2D eigenvalue weighted by atomic mass is 9.92. The lowest BCUT2D eigenvalue weighted by Gasteiger charge is -2.20. The molecule has 0 aliphatic rings. The Morgan fingerprint density at radius 3 is 2.41 bits per heavy atom. The molecule has 0 bridgehead atoms. The molecule has 0 saturated carbocycles. The van der Waals surface area contributed by atoms with Crippen molar-refractivity contribution < 1.29 is 4.74 Å². The molecule has 0 unspecified atom stereocenters. The van der Waals surface area contributed by atoms with Crippen molar-refractivity contribution in [1.82, 2.24) is 4.90 Å². The van der Waals surface area contributed by atoms with E-state index in [9.17, 15) is 0 Å². The summed E-state index contributed by atoms with van der Waals surface area (Å²) in [5, 5.41) is 1.19. The van der Waals surface area contributed by atoms with Crippen LogP contribution in [0.2, 0.25) is 10.0 Å². The molecular formula is C18H21Cl2NO. The van der Waals surface area contributed by atoms with Gasteiger partial charge < -0.3 is 9.64 Å². The Hall–Kier alpha value is -1.22. The standard InChI is InChI=1S/C18H21Cl2NO/c1-13(14-7-5-4-6-8-14)16-11-15(19)12-17(20)18(16)22-10-9-21(2)3/h4-8,11-13H,9-10H2,1-3H3/t13-/m1/s1. The smallest absolute Gasteiger partial charge is 0.141 e. The van der Waals surface area contributed by atoms with Crippen LogP contribution in [0.5, 0.6) is 5.75 Å². The molecule has 0 N–H and O–H groups in total. The first-order valence-corrected chi connectivity index (χ1v) is 8.06. The predicted octanol–water partition coefficient (Wildman–Crippen LogP) is 5.09. The van der Waals surface area contributed by atoms with Gasteiger partial charge in [0, 0.05) is 23.0 Å². The Labute approximate surface area is 142 Å². The van der Waals surface area contributed by atoms with E-state index in [1.54, 1.807) is 6.07 Å². The number of benzene rings is 2. The molecule has 0 heterocycles. The molecule has 2 nitrogen and oxygen atoms in total. The molecule has 0 radical (unpaired) electrons. The van der Waals surface area contributed by atoms with Crippen LogP contribution in [0.3, 0.4) is 0 Å². The fraction of sp³-hybridized carbons (Fsp3) is 0.333. The monoisotopic (exact) mass is 337 g/mol. The van der Waals surface area contributed by atoms with Crippen LogP contribution < -0.4 is 4.74 Å². The highest BCUT2D eigenvalue weighted by molar-refractivity contribution is 6.35. The topological polar surface area (TPSA) is 12.5 Å². The van der Waals surface area contributed by atoms with Crippen molar-refractivity contribution in [3.63, 3.8) is 0 Å². The second kappa shape index (κ2) is 7.87. The molecule has 118 valence electrons. The van der Waals surface area contributed by atoms with Crippen LogP contribution in [0.4, 0.5) is 0 Å². The SMILES string of the molecule is C[C@H](c1ccccc1)c1cc(Cl)cc(Cl)c1OCCN(C)C. The second-order valence-corrected chi connectivity index (χ2v) is 6.43. The molecule has 0 saturated heterocycles. The number of rotatable bonds is 6. The van der Waals surface area contributed by atoms with Crippen molar-refractivity contribution in [2.45, 2.75) is 12.8 Å². The number of ether oxygens (including phenoxy) is 1. The highest BCUT2D eigenvalue weighted by atomic mass is 35.5. The van der Waals surface area contributed by atoms with Gasteiger partial charge in [-0.1, -0.05) is 60.5 Å². The summed E-state index contributed by atoms with van der Waals surface area (Å²) in [7, 11) is 4.03. The summed E-state index contributed by atoms with van der Waals surface area (Å²) < 4.78 is 5.94. The van der Waals surface area contributed by atoms with Crippen molar-refractivity contribution >= 4 is 23.2 Å². The van der Waals surface area contributed by atoms with Gasteiger partial charge >= 0.3 is 0 Å². The van der Waals surface area contributed by atoms with Crippen LogP contribution in [0.15, 0.2) is 42.5 Å². The van der Waals surface area contributed by atoms with Crippen LogP contribution in [-0.4, -0.2) is 32.1 Å². The minimum absolute atomic E-state index is 0.159. The van der Waals surface area contributed by atoms with Crippen LogP contribution in [0.1, 0.15) is 24.0 Å². The maximum atomic E-state index is 6.36. The van der Waals surface area contributed by atoms with Gasteiger partial charge in [-0.15, -0.1) is 0 Å². The third-order valence-corrected chi connectivity index (χ3v) is 4.09. The first-order valence-electron chi connectivity index (χ1n) is 7.30. The fourth-order valence-corrected chi connectivity index (χ4v) is 2.87. The Bertz CT molecular complexity index is 614. The summed E-state index contributed by atoms with van der Waals surface area (Å²) >= 11 is 12.5. The highest BCUT2D eigenvalue weighted by Gasteiger charge is 2.18. The lowest BCUT2D eigenvalue weighted by Crippen LogP contribution is -2.20. The summed E-state index contributed by atoms with van der Waals surface area (Å²) in [6.07, 6.45) is 0. The van der Waals surface area contributed by atoms with Gasteiger partial charge in [-0.3, -0.25) is 0 Å². The fourth-order valence-electron chi connectivity index (χ4n) is 2.31. The van der Waals surface area contributed by atoms with Gasteiger partial charge in [-0.2, -0.15) is 0 Å². The zero-order chi connectivity index (χ0) is 16.1. The van der Waals surface area contributed by atoms with E-state index >= 15 is 0 Å². The van der Waals surface area contributed by atoms with E-state index in [1.165, 1.54) is 5.56 Å². The van der Waals surface area contributed by atoms with E-state index in [-0.39, 0.29) is 5.92 Å². The third kappa shape index (κ3) is 4.39. The zero-order valence-electron chi connectivity index (χ0n) is 13.1. The number of hydrogen-bond acceptors (Lipinski definition) is 2. The average Bonchev–Trinajstić information content (AvgIpc) is 2.49. The normalized spacial score (nSPS) is 12.5. The van der Waals surface area contributed by atoms with Crippen molar-refractivity contribution in [2.75, 3.05) is 27.2 Å². The minimum atomic E-state index is 0.159. The molecule has 2 aromatic carbocycles. The predicted molar refractivity (Wildman–Crippen MR) is 94.5 cm³/mol. The van der Waals surface area contributed by atoms with E-state index in [2.05, 4.69) is 24.0 Å². The molecule has 0 aliphatic heterocycles. The summed E-state index contributed by atoms with van der Waals surface area (Å²) in [5.41, 5.74) is 2.22. The Kier molecular flexibility index (Phi) is 6.13. The summed E-state index contributed by atoms with van der Waals surface area (Å²) in [5.74, 6) is 0.885. The van der Waals surface area contributed by atoms with Crippen LogP contribution in [0, 0.1) is 0 Å². The molecule has 2 aromatic rings. The van der Waals surface area contributed by atoms with Crippen LogP contribution in [0.25, 0.3) is 0 Å². The van der Waals surface area contributed by atoms with Gasteiger partial charge in [0.1, 0.15) is 12.4 Å². The average molecular weight is 338 g/mol. The minimum Gasteiger partial charge on any atom is -0.490 e. The van der Waals surface area contributed by atoms with Gasteiger partial charge in [0.25, 0.3) is 0 Å². The van der Waals surface area contributed by atoms with Crippen LogP contribution >= 0.6 is 23.2 Å². The largest absolute Gasteiger partial charge is 0.490 e. The Morgan fingerprint density at radius 1 is 1.09 bits per heavy atom. The van der Waals surface area contributed by atoms with E-state index in [0.717, 1.165) is 17.9 Å². The van der Waals surface area contributed by atoms with Crippen molar-refractivity contribution in [1.29, 1.82) is 0 Å². The summed E-state index contributed by atoms with van der Waals surface area (Å²) in [6, 6.07) is 13.9. The van der Waals surface area contributed by atoms with E-state index in [1.807, 2.05) is 38.4 Å². The number of nitrogens with zero attached hydrogens (tertiary/aromatic N) is 1. The molecular weight excluding hydrogens is 317 g/mol. The summed E-state index contributed by atoms with van der Waals surface area (Å²) in [6.45, 7) is 3.55. The molecule has 4 heteroatoms. The van der Waals surface area contributed by atoms with Crippen molar-refractivity contribution in [2.24, 2.45) is 0 Å². The van der Waals surface area contributed by atoms with Crippen LogP contribution in [-0.2, 0) is 0 Å². The maximum absolute atomic E-state index is 6.36. The van der Waals surface area contributed by atoms with Crippen molar-refractivity contribution in [3.8, 4) is 5.75 Å². The number of hydrogen-bond donors (Lipinski definition) is 0. The zero-order valence-corrected chi connectivity index (χ0v) is 14.7. The molecule has 0 fully saturated rings. The molecule has 0 amide bonds.